The summed E-state index contributed by atoms with van der Waals surface area (Å²) >= 11 is 0. The summed E-state index contributed by atoms with van der Waals surface area (Å²) in [6, 6.07) is 11.0. The van der Waals surface area contributed by atoms with E-state index in [1.54, 1.807) is 23.2 Å². The standard InChI is InChI=1S/C21H22N6O3/c1-16(28)19-6-8-27(24-19)21(29)26-11-9-25(10-12-26)14-17-3-2-4-18(13-17)30-20-5-7-22-15-23-20/h2-8,13,15H,9-12,14H2,1H3. The molecule has 0 N–H and O–H groups in total. The van der Waals surface area contributed by atoms with Crippen LogP contribution in [0.1, 0.15) is 23.0 Å². The van der Waals surface area contributed by atoms with E-state index >= 15 is 0 Å². The lowest BCUT2D eigenvalue weighted by Crippen LogP contribution is -2.49. The van der Waals surface area contributed by atoms with Gasteiger partial charge in [-0.25, -0.2) is 14.8 Å². The molecule has 2 aromatic heterocycles. The quantitative estimate of drug-likeness (QED) is 0.601. The Morgan fingerprint density at radius 3 is 2.63 bits per heavy atom. The van der Waals surface area contributed by atoms with Crippen LogP contribution in [0, 0.1) is 0 Å². The van der Waals surface area contributed by atoms with E-state index in [9.17, 15) is 9.59 Å². The van der Waals surface area contributed by atoms with Gasteiger partial charge in [0.1, 0.15) is 17.8 Å². The van der Waals surface area contributed by atoms with Crippen molar-refractivity contribution >= 4 is 11.8 Å². The molecule has 3 aromatic rings. The highest BCUT2D eigenvalue weighted by Crippen LogP contribution is 2.21. The maximum atomic E-state index is 12.6. The van der Waals surface area contributed by atoms with Gasteiger partial charge in [0.2, 0.25) is 5.88 Å². The highest BCUT2D eigenvalue weighted by Gasteiger charge is 2.23. The minimum absolute atomic E-state index is 0.155. The van der Waals surface area contributed by atoms with Crippen molar-refractivity contribution in [2.45, 2.75) is 13.5 Å². The average molecular weight is 406 g/mol. The Hall–Kier alpha value is -3.59. The molecule has 0 aliphatic carbocycles. The summed E-state index contributed by atoms with van der Waals surface area (Å²) in [4.78, 5) is 36.0. The summed E-state index contributed by atoms with van der Waals surface area (Å²) in [5.74, 6) is 1.07. The van der Waals surface area contributed by atoms with Crippen molar-refractivity contribution in [3.63, 3.8) is 0 Å². The number of benzene rings is 1. The Bertz CT molecular complexity index is 1030. The maximum Gasteiger partial charge on any atom is 0.344 e. The molecule has 1 aliphatic heterocycles. The number of carbonyl (C=O) groups excluding carboxylic acids is 2. The summed E-state index contributed by atoms with van der Waals surface area (Å²) < 4.78 is 7.00. The molecule has 154 valence electrons. The second-order valence-electron chi connectivity index (χ2n) is 7.04. The van der Waals surface area contributed by atoms with Crippen molar-refractivity contribution in [3.8, 4) is 11.6 Å². The maximum absolute atomic E-state index is 12.6. The molecule has 9 nitrogen and oxygen atoms in total. The zero-order valence-electron chi connectivity index (χ0n) is 16.6. The molecule has 4 rings (SSSR count). The van der Waals surface area contributed by atoms with Gasteiger partial charge in [-0.1, -0.05) is 12.1 Å². The second-order valence-corrected chi connectivity index (χ2v) is 7.04. The summed E-state index contributed by atoms with van der Waals surface area (Å²) in [6.07, 6.45) is 4.62. The number of hydrogen-bond acceptors (Lipinski definition) is 7. The van der Waals surface area contributed by atoms with Gasteiger partial charge in [-0.15, -0.1) is 0 Å². The molecule has 0 bridgehead atoms. The van der Waals surface area contributed by atoms with Crippen LogP contribution in [0.5, 0.6) is 11.6 Å². The summed E-state index contributed by atoms with van der Waals surface area (Å²) in [5.41, 5.74) is 1.42. The number of amides is 1. The van der Waals surface area contributed by atoms with E-state index in [2.05, 4.69) is 26.0 Å². The van der Waals surface area contributed by atoms with E-state index in [-0.39, 0.29) is 11.8 Å². The first-order valence-electron chi connectivity index (χ1n) is 9.69. The molecule has 1 amide bonds. The molecule has 1 saturated heterocycles. The van der Waals surface area contributed by atoms with Crippen molar-refractivity contribution in [1.29, 1.82) is 0 Å². The fourth-order valence-corrected chi connectivity index (χ4v) is 3.29. The molecule has 1 aliphatic rings. The zero-order valence-corrected chi connectivity index (χ0v) is 16.6. The molecule has 0 spiro atoms. The van der Waals surface area contributed by atoms with Gasteiger partial charge in [0.25, 0.3) is 0 Å². The molecule has 1 aromatic carbocycles. The van der Waals surface area contributed by atoms with Crippen LogP contribution in [0.2, 0.25) is 0 Å². The van der Waals surface area contributed by atoms with E-state index in [0.717, 1.165) is 30.9 Å². The Balaban J connectivity index is 1.32. The van der Waals surface area contributed by atoms with Crippen LogP contribution in [-0.4, -0.2) is 67.5 Å². The van der Waals surface area contributed by atoms with Crippen LogP contribution in [0.3, 0.4) is 0 Å². The van der Waals surface area contributed by atoms with E-state index < -0.39 is 0 Å². The third-order valence-corrected chi connectivity index (χ3v) is 4.87. The van der Waals surface area contributed by atoms with E-state index in [1.165, 1.54) is 24.1 Å². The predicted octanol–water partition coefficient (Wildman–Crippen LogP) is 2.45. The summed E-state index contributed by atoms with van der Waals surface area (Å²) in [6.45, 7) is 4.91. The summed E-state index contributed by atoms with van der Waals surface area (Å²) in [5, 5.41) is 4.06. The topological polar surface area (TPSA) is 93.5 Å². The first-order chi connectivity index (χ1) is 14.6. The van der Waals surface area contributed by atoms with Gasteiger partial charge in [-0.2, -0.15) is 9.78 Å². The largest absolute Gasteiger partial charge is 0.439 e. The third kappa shape index (κ3) is 4.69. The molecule has 0 radical (unpaired) electrons. The number of piperazine rings is 1. The monoisotopic (exact) mass is 406 g/mol. The van der Waals surface area contributed by atoms with Gasteiger partial charge in [0.15, 0.2) is 5.78 Å². The van der Waals surface area contributed by atoms with Crippen LogP contribution in [0.15, 0.2) is 55.1 Å². The van der Waals surface area contributed by atoms with Crippen molar-refractivity contribution in [2.75, 3.05) is 26.2 Å². The molecule has 0 saturated carbocycles. The lowest BCUT2D eigenvalue weighted by atomic mass is 10.2. The van der Waals surface area contributed by atoms with Crippen molar-refractivity contribution in [3.05, 3.63) is 66.4 Å². The number of ether oxygens (including phenoxy) is 1. The van der Waals surface area contributed by atoms with Crippen molar-refractivity contribution in [2.24, 2.45) is 0 Å². The average Bonchev–Trinajstić information content (AvgIpc) is 3.26. The number of Topliss-reactive ketones (excluding diaryl/α,β-unsaturated/α-hetero) is 1. The van der Waals surface area contributed by atoms with Gasteiger partial charge in [0.05, 0.1) is 0 Å². The highest BCUT2D eigenvalue weighted by atomic mass is 16.5. The van der Waals surface area contributed by atoms with Gasteiger partial charge < -0.3 is 9.64 Å². The Labute approximate surface area is 173 Å². The minimum atomic E-state index is -0.206. The fourth-order valence-electron chi connectivity index (χ4n) is 3.29. The molecule has 0 unspecified atom stereocenters. The van der Waals surface area contributed by atoms with Crippen LogP contribution in [-0.2, 0) is 6.54 Å². The van der Waals surface area contributed by atoms with Crippen LogP contribution in [0.25, 0.3) is 0 Å². The Kier molecular flexibility index (Phi) is 5.80. The molecule has 9 heteroatoms. The van der Waals surface area contributed by atoms with Gasteiger partial charge in [-0.05, 0) is 23.8 Å². The molecule has 1 fully saturated rings. The number of rotatable bonds is 5. The number of carbonyl (C=O) groups is 2. The first-order valence-corrected chi connectivity index (χ1v) is 9.69. The Morgan fingerprint density at radius 1 is 1.10 bits per heavy atom. The normalized spacial score (nSPS) is 14.5. The molecule has 3 heterocycles. The summed E-state index contributed by atoms with van der Waals surface area (Å²) in [7, 11) is 0. The lowest BCUT2D eigenvalue weighted by Gasteiger charge is -2.34. The number of ketones is 1. The minimum Gasteiger partial charge on any atom is -0.439 e. The third-order valence-electron chi connectivity index (χ3n) is 4.87. The first kappa shape index (κ1) is 19.7. The number of hydrogen-bond donors (Lipinski definition) is 0. The van der Waals surface area contributed by atoms with Crippen LogP contribution >= 0.6 is 0 Å². The van der Waals surface area contributed by atoms with Crippen molar-refractivity contribution < 1.29 is 14.3 Å². The highest BCUT2D eigenvalue weighted by molar-refractivity contribution is 5.92. The second kappa shape index (κ2) is 8.83. The molecule has 0 atom stereocenters. The molecular weight excluding hydrogens is 384 g/mol. The predicted molar refractivity (Wildman–Crippen MR) is 108 cm³/mol. The van der Waals surface area contributed by atoms with Gasteiger partial charge in [0, 0.05) is 58.1 Å². The number of aromatic nitrogens is 4. The van der Waals surface area contributed by atoms with Gasteiger partial charge >= 0.3 is 6.03 Å². The lowest BCUT2D eigenvalue weighted by molar-refractivity contribution is 0.101. The molecular formula is C21H22N6O3. The van der Waals surface area contributed by atoms with E-state index in [0.29, 0.717) is 24.7 Å². The Morgan fingerprint density at radius 2 is 1.93 bits per heavy atom. The molecule has 30 heavy (non-hydrogen) atoms. The fraction of sp³-hybridized carbons (Fsp3) is 0.286. The zero-order chi connectivity index (χ0) is 20.9. The van der Waals surface area contributed by atoms with E-state index in [4.69, 9.17) is 4.74 Å². The van der Waals surface area contributed by atoms with Gasteiger partial charge in [-0.3, -0.25) is 9.69 Å². The van der Waals surface area contributed by atoms with Crippen LogP contribution < -0.4 is 4.74 Å². The van der Waals surface area contributed by atoms with Crippen molar-refractivity contribution in [1.82, 2.24) is 29.5 Å². The smallest absolute Gasteiger partial charge is 0.344 e. The number of nitrogens with zero attached hydrogens (tertiary/aromatic N) is 6. The SMILES string of the molecule is CC(=O)c1ccn(C(=O)N2CCN(Cc3cccc(Oc4ccncn4)c3)CC2)n1. The van der Waals surface area contributed by atoms with E-state index in [1.807, 2.05) is 18.2 Å². The van der Waals surface area contributed by atoms with Crippen LogP contribution in [0.4, 0.5) is 4.79 Å².